The molecule has 1 fully saturated rings. The summed E-state index contributed by atoms with van der Waals surface area (Å²) < 4.78 is 30.1. The molecule has 2 aliphatic heterocycles. The second-order valence-corrected chi connectivity index (χ2v) is 9.04. The van der Waals surface area contributed by atoms with Crippen molar-refractivity contribution in [2.24, 2.45) is 0 Å². The first-order valence-electron chi connectivity index (χ1n) is 8.80. The monoisotopic (exact) mass is 374 g/mol. The Labute approximate surface area is 153 Å². The molecule has 1 aromatic carbocycles. The van der Waals surface area contributed by atoms with Crippen LogP contribution in [0.25, 0.3) is 0 Å². The third kappa shape index (κ3) is 3.26. The fourth-order valence-corrected chi connectivity index (χ4v) is 5.18. The number of imidazole rings is 1. The summed E-state index contributed by atoms with van der Waals surface area (Å²) in [6, 6.07) is 8.82. The number of nitrogens with one attached hydrogen (secondary N) is 1. The van der Waals surface area contributed by atoms with Crippen molar-refractivity contribution >= 4 is 15.9 Å². The Balaban J connectivity index is 1.35. The first-order valence-corrected chi connectivity index (χ1v) is 10.3. The van der Waals surface area contributed by atoms with Gasteiger partial charge in [-0.2, -0.15) is 0 Å². The molecule has 2 aliphatic rings. The maximum absolute atomic E-state index is 12.6. The summed E-state index contributed by atoms with van der Waals surface area (Å²) in [7, 11) is -3.45. The Bertz CT molecular complexity index is 917. The van der Waals surface area contributed by atoms with Crippen molar-refractivity contribution in [1.29, 1.82) is 0 Å². The fourth-order valence-electron chi connectivity index (χ4n) is 3.57. The van der Waals surface area contributed by atoms with Gasteiger partial charge in [-0.3, -0.25) is 4.79 Å². The molecule has 8 heteroatoms. The molecule has 0 spiro atoms. The van der Waals surface area contributed by atoms with Gasteiger partial charge in [-0.25, -0.2) is 18.1 Å². The number of amides is 1. The van der Waals surface area contributed by atoms with Gasteiger partial charge < -0.3 is 9.47 Å². The minimum Gasteiger partial charge on any atom is -0.336 e. The maximum Gasteiger partial charge on any atom is 0.253 e. The quantitative estimate of drug-likeness (QED) is 0.864. The second-order valence-electron chi connectivity index (χ2n) is 7.05. The van der Waals surface area contributed by atoms with E-state index >= 15 is 0 Å². The van der Waals surface area contributed by atoms with Crippen LogP contribution in [0, 0.1) is 6.92 Å². The van der Waals surface area contributed by atoms with E-state index < -0.39 is 15.3 Å². The summed E-state index contributed by atoms with van der Waals surface area (Å²) in [6.45, 7) is 3.03. The van der Waals surface area contributed by atoms with E-state index in [1.54, 1.807) is 29.2 Å². The van der Waals surface area contributed by atoms with Crippen LogP contribution in [0.1, 0.15) is 28.3 Å². The van der Waals surface area contributed by atoms with Crippen LogP contribution in [0.2, 0.25) is 0 Å². The van der Waals surface area contributed by atoms with Crippen molar-refractivity contribution < 1.29 is 13.2 Å². The summed E-state index contributed by atoms with van der Waals surface area (Å²) in [5.41, 5.74) is 1.55. The predicted octanol–water partition coefficient (Wildman–Crippen LogP) is 0.950. The number of hydrogen-bond acceptors (Lipinski definition) is 4. The molecule has 0 bridgehead atoms. The van der Waals surface area contributed by atoms with Crippen LogP contribution in [-0.4, -0.2) is 53.2 Å². The molecule has 1 aromatic heterocycles. The zero-order valence-electron chi connectivity index (χ0n) is 14.6. The number of aromatic nitrogens is 2. The number of nitrogens with zero attached hydrogens (tertiary/aromatic N) is 3. The summed E-state index contributed by atoms with van der Waals surface area (Å²) in [5, 5.41) is -0.541. The van der Waals surface area contributed by atoms with Crippen molar-refractivity contribution in [3.63, 3.8) is 0 Å². The molecule has 0 saturated carbocycles. The number of rotatable bonds is 4. The van der Waals surface area contributed by atoms with Crippen LogP contribution >= 0.6 is 0 Å². The third-order valence-electron chi connectivity index (χ3n) is 5.04. The van der Waals surface area contributed by atoms with Crippen molar-refractivity contribution in [2.75, 3.05) is 13.1 Å². The number of carbonyl (C=O) groups excluding carboxylic acids is 1. The van der Waals surface area contributed by atoms with E-state index in [0.29, 0.717) is 12.1 Å². The van der Waals surface area contributed by atoms with Gasteiger partial charge >= 0.3 is 0 Å². The van der Waals surface area contributed by atoms with E-state index in [0.717, 1.165) is 24.4 Å². The lowest BCUT2D eigenvalue weighted by molar-refractivity contribution is 0.0658. The SMILES string of the molecule is Cc1cn2c(n1)CCC(NS(=O)(=O)C1CN(C(=O)c3ccccc3)C1)C2. The number of sulfonamides is 1. The maximum atomic E-state index is 12.6. The highest BCUT2D eigenvalue weighted by Crippen LogP contribution is 2.21. The molecule has 1 atom stereocenters. The van der Waals surface area contributed by atoms with Gasteiger partial charge in [-0.05, 0) is 25.5 Å². The fraction of sp³-hybridized carbons (Fsp3) is 0.444. The standard InChI is InChI=1S/C18H22N4O3S/c1-13-9-21-10-15(7-8-17(21)19-13)20-26(24,25)16-11-22(12-16)18(23)14-5-3-2-4-6-14/h2-6,9,15-16,20H,7-8,10-12H2,1H3. The molecule has 2 aromatic rings. The van der Waals surface area contributed by atoms with Crippen molar-refractivity contribution in [2.45, 2.75) is 37.6 Å². The van der Waals surface area contributed by atoms with Gasteiger partial charge in [0.1, 0.15) is 11.1 Å². The zero-order chi connectivity index (χ0) is 18.3. The Kier molecular flexibility index (Phi) is 4.32. The number of likely N-dealkylation sites (tertiary alicyclic amines) is 1. The average Bonchev–Trinajstić information content (AvgIpc) is 2.92. The van der Waals surface area contributed by atoms with Crippen LogP contribution in [0.3, 0.4) is 0 Å². The first kappa shape index (κ1) is 17.2. The number of benzene rings is 1. The molecule has 4 rings (SSSR count). The smallest absolute Gasteiger partial charge is 0.253 e. The van der Waals surface area contributed by atoms with Crippen LogP contribution in [0.15, 0.2) is 36.5 Å². The summed E-state index contributed by atoms with van der Waals surface area (Å²) in [6.07, 6.45) is 3.47. The Morgan fingerprint density at radius 3 is 2.65 bits per heavy atom. The highest BCUT2D eigenvalue weighted by Gasteiger charge is 2.41. The minimum atomic E-state index is -3.45. The summed E-state index contributed by atoms with van der Waals surface area (Å²) >= 11 is 0. The highest BCUT2D eigenvalue weighted by atomic mass is 32.2. The topological polar surface area (TPSA) is 84.3 Å². The highest BCUT2D eigenvalue weighted by molar-refractivity contribution is 7.90. The van der Waals surface area contributed by atoms with E-state index in [4.69, 9.17) is 0 Å². The predicted molar refractivity (Wildman–Crippen MR) is 97.3 cm³/mol. The van der Waals surface area contributed by atoms with E-state index in [1.807, 2.05) is 23.8 Å². The van der Waals surface area contributed by atoms with Gasteiger partial charge in [0.2, 0.25) is 10.0 Å². The Hall–Kier alpha value is -2.19. The number of fused-ring (bicyclic) bond motifs is 1. The molecule has 1 unspecified atom stereocenters. The molecule has 1 saturated heterocycles. The largest absolute Gasteiger partial charge is 0.336 e. The molecule has 1 N–H and O–H groups in total. The molecule has 7 nitrogen and oxygen atoms in total. The average molecular weight is 374 g/mol. The first-order chi connectivity index (χ1) is 12.4. The second kappa shape index (κ2) is 6.51. The molecule has 138 valence electrons. The van der Waals surface area contributed by atoms with Crippen LogP contribution in [-0.2, 0) is 23.0 Å². The van der Waals surface area contributed by atoms with Crippen LogP contribution < -0.4 is 4.72 Å². The van der Waals surface area contributed by atoms with Gasteiger partial charge in [-0.15, -0.1) is 0 Å². The van der Waals surface area contributed by atoms with E-state index in [-0.39, 0.29) is 25.0 Å². The normalized spacial score (nSPS) is 20.5. The van der Waals surface area contributed by atoms with Crippen LogP contribution in [0.5, 0.6) is 0 Å². The molecule has 26 heavy (non-hydrogen) atoms. The van der Waals surface area contributed by atoms with Gasteiger partial charge in [0.25, 0.3) is 5.91 Å². The molecular formula is C18H22N4O3S. The molecule has 0 radical (unpaired) electrons. The lowest BCUT2D eigenvalue weighted by Gasteiger charge is -2.39. The molecule has 0 aliphatic carbocycles. The third-order valence-corrected chi connectivity index (χ3v) is 6.88. The Morgan fingerprint density at radius 2 is 1.92 bits per heavy atom. The van der Waals surface area contributed by atoms with Crippen molar-refractivity contribution in [3.05, 3.63) is 53.6 Å². The minimum absolute atomic E-state index is 0.117. The van der Waals surface area contributed by atoms with Crippen molar-refractivity contribution in [1.82, 2.24) is 19.2 Å². The van der Waals surface area contributed by atoms with E-state index in [9.17, 15) is 13.2 Å². The van der Waals surface area contributed by atoms with Gasteiger partial charge in [0, 0.05) is 43.9 Å². The van der Waals surface area contributed by atoms with E-state index in [2.05, 4.69) is 9.71 Å². The van der Waals surface area contributed by atoms with Gasteiger partial charge in [0.15, 0.2) is 0 Å². The van der Waals surface area contributed by atoms with Gasteiger partial charge in [-0.1, -0.05) is 18.2 Å². The zero-order valence-corrected chi connectivity index (χ0v) is 15.4. The number of aryl methyl sites for hydroxylation is 2. The number of carbonyl (C=O) groups is 1. The number of hydrogen-bond donors (Lipinski definition) is 1. The molecule has 3 heterocycles. The van der Waals surface area contributed by atoms with E-state index in [1.165, 1.54) is 0 Å². The molecule has 1 amide bonds. The molecular weight excluding hydrogens is 352 g/mol. The summed E-state index contributed by atoms with van der Waals surface area (Å²) in [5.74, 6) is 0.898. The lowest BCUT2D eigenvalue weighted by Crippen LogP contribution is -2.60. The lowest BCUT2D eigenvalue weighted by atomic mass is 10.1. The summed E-state index contributed by atoms with van der Waals surface area (Å²) in [4.78, 5) is 18.4. The van der Waals surface area contributed by atoms with Crippen molar-refractivity contribution in [3.8, 4) is 0 Å². The Morgan fingerprint density at radius 1 is 1.19 bits per heavy atom. The van der Waals surface area contributed by atoms with Crippen LogP contribution in [0.4, 0.5) is 0 Å². The van der Waals surface area contributed by atoms with Gasteiger partial charge in [0.05, 0.1) is 5.69 Å².